The summed E-state index contributed by atoms with van der Waals surface area (Å²) in [6, 6.07) is 14.0. The Bertz CT molecular complexity index is 1070. The molecule has 1 aliphatic rings. The van der Waals surface area contributed by atoms with Crippen LogP contribution in [0.3, 0.4) is 0 Å². The van der Waals surface area contributed by atoms with Gasteiger partial charge in [0.25, 0.3) is 0 Å². The fourth-order valence-corrected chi connectivity index (χ4v) is 3.46. The van der Waals surface area contributed by atoms with Crippen molar-refractivity contribution in [3.63, 3.8) is 0 Å². The van der Waals surface area contributed by atoms with Crippen molar-refractivity contribution in [3.05, 3.63) is 60.7 Å². The summed E-state index contributed by atoms with van der Waals surface area (Å²) in [4.78, 5) is 4.88. The van der Waals surface area contributed by atoms with Crippen molar-refractivity contribution in [1.82, 2.24) is 19.7 Å². The second-order valence-electron chi connectivity index (χ2n) is 6.27. The number of aryl methyl sites for hydroxylation is 1. The van der Waals surface area contributed by atoms with Gasteiger partial charge in [-0.15, -0.1) is 0 Å². The van der Waals surface area contributed by atoms with E-state index in [1.54, 1.807) is 0 Å². The Morgan fingerprint density at radius 3 is 2.85 bits per heavy atom. The van der Waals surface area contributed by atoms with E-state index in [4.69, 9.17) is 14.5 Å². The maximum absolute atomic E-state index is 6.17. The SMILES string of the molecule is CCn1c(C2COc3ccccc3O2)nc2cc(-c3cn[nH]c3)ccc21. The summed E-state index contributed by atoms with van der Waals surface area (Å²) in [5, 5.41) is 6.88. The first-order valence-corrected chi connectivity index (χ1v) is 8.71. The van der Waals surface area contributed by atoms with Gasteiger partial charge in [0.05, 0.1) is 17.2 Å². The average molecular weight is 346 g/mol. The molecule has 0 fully saturated rings. The molecule has 0 spiro atoms. The van der Waals surface area contributed by atoms with Crippen LogP contribution in [0.1, 0.15) is 18.9 Å². The normalized spacial score (nSPS) is 16.1. The van der Waals surface area contributed by atoms with Crippen LogP contribution in [0.25, 0.3) is 22.2 Å². The number of benzene rings is 2. The summed E-state index contributed by atoms with van der Waals surface area (Å²) in [5.41, 5.74) is 4.18. The summed E-state index contributed by atoms with van der Waals surface area (Å²) in [5.74, 6) is 2.43. The molecule has 3 heterocycles. The number of para-hydroxylation sites is 2. The van der Waals surface area contributed by atoms with E-state index in [-0.39, 0.29) is 6.10 Å². The predicted octanol–water partition coefficient (Wildman–Crippen LogP) is 3.96. The molecule has 26 heavy (non-hydrogen) atoms. The lowest BCUT2D eigenvalue weighted by molar-refractivity contribution is 0.0829. The van der Waals surface area contributed by atoms with Crippen molar-refractivity contribution < 1.29 is 9.47 Å². The predicted molar refractivity (Wildman–Crippen MR) is 98.3 cm³/mol. The minimum Gasteiger partial charge on any atom is -0.485 e. The van der Waals surface area contributed by atoms with E-state index < -0.39 is 0 Å². The van der Waals surface area contributed by atoms with Gasteiger partial charge in [0.1, 0.15) is 6.61 Å². The molecule has 0 amide bonds. The van der Waals surface area contributed by atoms with Gasteiger partial charge in [-0.05, 0) is 36.8 Å². The zero-order chi connectivity index (χ0) is 17.5. The minimum atomic E-state index is -0.227. The van der Waals surface area contributed by atoms with Gasteiger partial charge in [-0.3, -0.25) is 5.10 Å². The number of rotatable bonds is 3. The summed E-state index contributed by atoms with van der Waals surface area (Å²) >= 11 is 0. The third kappa shape index (κ3) is 2.34. The smallest absolute Gasteiger partial charge is 0.190 e. The van der Waals surface area contributed by atoms with Crippen LogP contribution in [0.15, 0.2) is 54.9 Å². The molecule has 130 valence electrons. The Balaban J connectivity index is 1.57. The molecule has 6 nitrogen and oxygen atoms in total. The number of hydrogen-bond donors (Lipinski definition) is 1. The van der Waals surface area contributed by atoms with Gasteiger partial charge < -0.3 is 14.0 Å². The van der Waals surface area contributed by atoms with Crippen molar-refractivity contribution in [1.29, 1.82) is 0 Å². The second-order valence-corrected chi connectivity index (χ2v) is 6.27. The standard InChI is InChI=1S/C20H18N4O2/c1-2-24-16-8-7-13(14-10-21-22-11-14)9-15(16)23-20(24)19-12-25-17-5-3-4-6-18(17)26-19/h3-11,19H,2,12H2,1H3,(H,21,22). The molecule has 1 atom stereocenters. The molecule has 2 aromatic heterocycles. The van der Waals surface area contributed by atoms with E-state index in [0.717, 1.165) is 46.0 Å². The van der Waals surface area contributed by atoms with E-state index in [0.29, 0.717) is 6.61 Å². The van der Waals surface area contributed by atoms with E-state index in [1.807, 2.05) is 36.7 Å². The van der Waals surface area contributed by atoms with Crippen LogP contribution >= 0.6 is 0 Å². The third-order valence-electron chi connectivity index (χ3n) is 4.72. The molecular weight excluding hydrogens is 328 g/mol. The molecular formula is C20H18N4O2. The third-order valence-corrected chi connectivity index (χ3v) is 4.72. The summed E-state index contributed by atoms with van der Waals surface area (Å²) < 4.78 is 14.2. The van der Waals surface area contributed by atoms with Crippen molar-refractivity contribution >= 4 is 11.0 Å². The number of nitrogens with zero attached hydrogens (tertiary/aromatic N) is 3. The van der Waals surface area contributed by atoms with E-state index in [1.165, 1.54) is 0 Å². The number of ether oxygens (including phenoxy) is 2. The number of fused-ring (bicyclic) bond motifs is 2. The lowest BCUT2D eigenvalue weighted by Crippen LogP contribution is -2.24. The van der Waals surface area contributed by atoms with Crippen molar-refractivity contribution in [2.45, 2.75) is 19.6 Å². The molecule has 0 saturated heterocycles. The first-order valence-electron chi connectivity index (χ1n) is 8.71. The van der Waals surface area contributed by atoms with Gasteiger partial charge in [0.15, 0.2) is 23.4 Å². The van der Waals surface area contributed by atoms with Gasteiger partial charge in [0.2, 0.25) is 0 Å². The van der Waals surface area contributed by atoms with Gasteiger partial charge in [-0.2, -0.15) is 5.10 Å². The Morgan fingerprint density at radius 1 is 1.15 bits per heavy atom. The van der Waals surface area contributed by atoms with Crippen LogP contribution < -0.4 is 9.47 Å². The molecule has 2 aromatic carbocycles. The number of nitrogens with one attached hydrogen (secondary N) is 1. The van der Waals surface area contributed by atoms with Gasteiger partial charge >= 0.3 is 0 Å². The molecule has 5 rings (SSSR count). The highest BCUT2D eigenvalue weighted by Crippen LogP contribution is 2.36. The molecule has 0 saturated carbocycles. The molecule has 1 N–H and O–H groups in total. The van der Waals surface area contributed by atoms with Crippen LogP contribution in [-0.2, 0) is 6.54 Å². The Hall–Kier alpha value is -3.28. The number of imidazole rings is 1. The molecule has 1 unspecified atom stereocenters. The number of H-pyrrole nitrogens is 1. The second kappa shape index (κ2) is 5.91. The van der Waals surface area contributed by atoms with Crippen LogP contribution in [0, 0.1) is 0 Å². The molecule has 1 aliphatic heterocycles. The molecule has 0 aliphatic carbocycles. The Morgan fingerprint density at radius 2 is 2.04 bits per heavy atom. The Labute approximate surface area is 150 Å². The van der Waals surface area contributed by atoms with Crippen LogP contribution in [0.2, 0.25) is 0 Å². The van der Waals surface area contributed by atoms with E-state index in [9.17, 15) is 0 Å². The number of hydrogen-bond acceptors (Lipinski definition) is 4. The van der Waals surface area contributed by atoms with E-state index >= 15 is 0 Å². The summed E-state index contributed by atoms with van der Waals surface area (Å²) in [6.07, 6.45) is 3.47. The molecule has 6 heteroatoms. The average Bonchev–Trinajstić information content (AvgIpc) is 3.34. The quantitative estimate of drug-likeness (QED) is 0.610. The van der Waals surface area contributed by atoms with Gasteiger partial charge in [-0.1, -0.05) is 18.2 Å². The van der Waals surface area contributed by atoms with Crippen molar-refractivity contribution in [3.8, 4) is 22.6 Å². The maximum Gasteiger partial charge on any atom is 0.190 e. The van der Waals surface area contributed by atoms with Crippen molar-refractivity contribution in [2.75, 3.05) is 6.61 Å². The van der Waals surface area contributed by atoms with Crippen LogP contribution in [-0.4, -0.2) is 26.4 Å². The van der Waals surface area contributed by atoms with E-state index in [2.05, 4.69) is 39.9 Å². The minimum absolute atomic E-state index is 0.227. The monoisotopic (exact) mass is 346 g/mol. The number of aromatic nitrogens is 4. The molecule has 0 bridgehead atoms. The first-order chi connectivity index (χ1) is 12.8. The lowest BCUT2D eigenvalue weighted by atomic mass is 10.1. The zero-order valence-corrected chi connectivity index (χ0v) is 14.3. The number of aromatic amines is 1. The summed E-state index contributed by atoms with van der Waals surface area (Å²) in [7, 11) is 0. The first kappa shape index (κ1) is 15.0. The maximum atomic E-state index is 6.17. The van der Waals surface area contributed by atoms with Gasteiger partial charge in [-0.25, -0.2) is 4.98 Å². The highest BCUT2D eigenvalue weighted by Gasteiger charge is 2.27. The van der Waals surface area contributed by atoms with Crippen LogP contribution in [0.4, 0.5) is 0 Å². The molecule has 4 aromatic rings. The highest BCUT2D eigenvalue weighted by atomic mass is 16.6. The highest BCUT2D eigenvalue weighted by molar-refractivity contribution is 5.82. The zero-order valence-electron chi connectivity index (χ0n) is 14.3. The van der Waals surface area contributed by atoms with Gasteiger partial charge in [0, 0.05) is 18.3 Å². The summed E-state index contributed by atoms with van der Waals surface area (Å²) in [6.45, 7) is 3.39. The van der Waals surface area contributed by atoms with Crippen LogP contribution in [0.5, 0.6) is 11.5 Å². The largest absolute Gasteiger partial charge is 0.485 e. The fourth-order valence-electron chi connectivity index (χ4n) is 3.46. The Kier molecular flexibility index (Phi) is 3.41. The fraction of sp³-hybridized carbons (Fsp3) is 0.200. The topological polar surface area (TPSA) is 65.0 Å². The van der Waals surface area contributed by atoms with Crippen molar-refractivity contribution in [2.24, 2.45) is 0 Å². The lowest BCUT2D eigenvalue weighted by Gasteiger charge is -2.26. The molecule has 0 radical (unpaired) electrons.